The van der Waals surface area contributed by atoms with Crippen LogP contribution in [0.4, 0.5) is 0 Å². The number of aliphatic imine (C=N–C) groups is 1. The van der Waals surface area contributed by atoms with E-state index in [1.54, 1.807) is 31.2 Å². The molecule has 1 aromatic carbocycles. The Morgan fingerprint density at radius 2 is 1.85 bits per heavy atom. The number of guanidine groups is 1. The van der Waals surface area contributed by atoms with E-state index < -0.39 is 18.5 Å². The minimum Gasteiger partial charge on any atom is -0.466 e. The molecule has 27 heavy (non-hydrogen) atoms. The molecular formula is C19H27N3O5. The molecule has 148 valence electrons. The second kappa shape index (κ2) is 11.8. The molecule has 0 bridgehead atoms. The molecule has 8 heteroatoms. The Morgan fingerprint density at radius 1 is 1.19 bits per heavy atom. The number of Topliss-reactive ketones (excluding diaryl/α,β-unsaturated/α-hetero) is 2. The average Bonchev–Trinajstić information content (AvgIpc) is 2.64. The van der Waals surface area contributed by atoms with E-state index in [1.807, 2.05) is 0 Å². The monoisotopic (exact) mass is 377 g/mol. The van der Waals surface area contributed by atoms with Crippen molar-refractivity contribution in [3.63, 3.8) is 0 Å². The molecule has 1 atom stereocenters. The van der Waals surface area contributed by atoms with Crippen LogP contribution in [0.15, 0.2) is 29.3 Å². The number of carbonyl (C=O) groups excluding carboxylic acids is 3. The number of carbonyl (C=O) groups is 3. The molecule has 0 saturated heterocycles. The lowest BCUT2D eigenvalue weighted by atomic mass is 9.93. The Bertz CT molecular complexity index is 666. The van der Waals surface area contributed by atoms with Crippen molar-refractivity contribution in [3.05, 3.63) is 35.4 Å². The fourth-order valence-corrected chi connectivity index (χ4v) is 2.54. The summed E-state index contributed by atoms with van der Waals surface area (Å²) >= 11 is 0. The van der Waals surface area contributed by atoms with Gasteiger partial charge >= 0.3 is 5.97 Å². The summed E-state index contributed by atoms with van der Waals surface area (Å²) in [7, 11) is 0. The molecule has 8 nitrogen and oxygen atoms in total. The van der Waals surface area contributed by atoms with Crippen LogP contribution in [0.5, 0.6) is 0 Å². The number of aliphatic hydroxyl groups excluding tert-OH is 1. The summed E-state index contributed by atoms with van der Waals surface area (Å²) in [4.78, 5) is 39.8. The molecule has 5 N–H and O–H groups in total. The first kappa shape index (κ1) is 22.3. The van der Waals surface area contributed by atoms with Crippen LogP contribution >= 0.6 is 0 Å². The number of benzene rings is 1. The predicted octanol–water partition coefficient (Wildman–Crippen LogP) is 0.596. The molecule has 0 heterocycles. The topological polar surface area (TPSA) is 145 Å². The predicted molar refractivity (Wildman–Crippen MR) is 101 cm³/mol. The Labute approximate surface area is 158 Å². The number of hydrogen-bond donors (Lipinski definition) is 3. The van der Waals surface area contributed by atoms with Crippen molar-refractivity contribution < 1.29 is 24.2 Å². The second-order valence-corrected chi connectivity index (χ2v) is 6.10. The first-order valence-corrected chi connectivity index (χ1v) is 8.84. The van der Waals surface area contributed by atoms with Crippen LogP contribution in [-0.2, 0) is 20.7 Å². The van der Waals surface area contributed by atoms with E-state index in [4.69, 9.17) is 21.3 Å². The van der Waals surface area contributed by atoms with Gasteiger partial charge in [0.15, 0.2) is 17.5 Å². The highest BCUT2D eigenvalue weighted by Gasteiger charge is 2.23. The van der Waals surface area contributed by atoms with Crippen molar-refractivity contribution in [3.8, 4) is 0 Å². The number of nitrogens with two attached hydrogens (primary N) is 2. The number of aliphatic hydroxyl groups is 1. The second-order valence-electron chi connectivity index (χ2n) is 6.10. The smallest absolute Gasteiger partial charge is 0.309 e. The standard InChI is InChI=1S/C19H27N3O5/c1-2-27-18(26)15(4-3-9-22-19(20)21)11-17(25)14-7-5-13(6-8-14)10-16(24)12-23/h5-8,15,23H,2-4,9-12H2,1H3,(H4,20,21,22). The highest BCUT2D eigenvalue weighted by molar-refractivity contribution is 5.98. The summed E-state index contributed by atoms with van der Waals surface area (Å²) in [6.07, 6.45) is 1.12. The summed E-state index contributed by atoms with van der Waals surface area (Å²) < 4.78 is 5.06. The fourth-order valence-electron chi connectivity index (χ4n) is 2.54. The minimum atomic E-state index is -0.567. The van der Waals surface area contributed by atoms with Gasteiger partial charge in [0.1, 0.15) is 6.61 Å². The summed E-state index contributed by atoms with van der Waals surface area (Å²) in [5.74, 6) is -1.48. The van der Waals surface area contributed by atoms with Crippen LogP contribution in [0.25, 0.3) is 0 Å². The van der Waals surface area contributed by atoms with E-state index in [1.165, 1.54) is 0 Å². The Hall–Kier alpha value is -2.74. The van der Waals surface area contributed by atoms with Crippen LogP contribution in [0, 0.1) is 5.92 Å². The van der Waals surface area contributed by atoms with Crippen LogP contribution < -0.4 is 11.5 Å². The van der Waals surface area contributed by atoms with Gasteiger partial charge < -0.3 is 21.3 Å². The van der Waals surface area contributed by atoms with Gasteiger partial charge in [-0.2, -0.15) is 0 Å². The molecule has 0 aromatic heterocycles. The van der Waals surface area contributed by atoms with Crippen molar-refractivity contribution in [2.24, 2.45) is 22.4 Å². The minimum absolute atomic E-state index is 0.0152. The molecule has 0 aliphatic heterocycles. The largest absolute Gasteiger partial charge is 0.466 e. The number of hydrogen-bond acceptors (Lipinski definition) is 6. The summed E-state index contributed by atoms with van der Waals surface area (Å²) in [5.41, 5.74) is 11.7. The highest BCUT2D eigenvalue weighted by atomic mass is 16.5. The van der Waals surface area contributed by atoms with E-state index in [0.29, 0.717) is 30.5 Å². The normalized spacial score (nSPS) is 11.5. The summed E-state index contributed by atoms with van der Waals surface area (Å²) in [6, 6.07) is 6.56. The molecule has 0 fully saturated rings. The van der Waals surface area contributed by atoms with Gasteiger partial charge in [0.25, 0.3) is 0 Å². The zero-order chi connectivity index (χ0) is 20.2. The molecule has 0 radical (unpaired) electrons. The van der Waals surface area contributed by atoms with Crippen LogP contribution in [-0.4, -0.2) is 48.4 Å². The molecule has 0 amide bonds. The number of esters is 1. The van der Waals surface area contributed by atoms with Crippen LogP contribution in [0.3, 0.4) is 0 Å². The van der Waals surface area contributed by atoms with E-state index in [9.17, 15) is 14.4 Å². The third-order valence-corrected chi connectivity index (χ3v) is 3.91. The first-order chi connectivity index (χ1) is 12.9. The Balaban J connectivity index is 2.72. The molecule has 0 spiro atoms. The van der Waals surface area contributed by atoms with E-state index >= 15 is 0 Å². The maximum atomic E-state index is 12.5. The fraction of sp³-hybridized carbons (Fsp3) is 0.474. The van der Waals surface area contributed by atoms with Crippen LogP contribution in [0.1, 0.15) is 42.1 Å². The van der Waals surface area contributed by atoms with E-state index in [-0.39, 0.29) is 37.0 Å². The summed E-state index contributed by atoms with van der Waals surface area (Å²) in [6.45, 7) is 1.81. The van der Waals surface area contributed by atoms with Gasteiger partial charge in [0.2, 0.25) is 0 Å². The molecular weight excluding hydrogens is 350 g/mol. The Kier molecular flexibility index (Phi) is 9.74. The van der Waals surface area contributed by atoms with Gasteiger partial charge in [0, 0.05) is 24.9 Å². The molecule has 1 rings (SSSR count). The van der Waals surface area contributed by atoms with Gasteiger partial charge in [-0.3, -0.25) is 19.4 Å². The molecule has 0 aliphatic carbocycles. The lowest BCUT2D eigenvalue weighted by Gasteiger charge is -2.14. The van der Waals surface area contributed by atoms with Crippen molar-refractivity contribution in [1.29, 1.82) is 0 Å². The number of ether oxygens (including phenoxy) is 1. The van der Waals surface area contributed by atoms with Crippen molar-refractivity contribution in [2.75, 3.05) is 19.8 Å². The van der Waals surface area contributed by atoms with Crippen LogP contribution in [0.2, 0.25) is 0 Å². The number of rotatable bonds is 12. The molecule has 0 saturated carbocycles. The third kappa shape index (κ3) is 8.46. The summed E-state index contributed by atoms with van der Waals surface area (Å²) in [5, 5.41) is 8.78. The van der Waals surface area contributed by atoms with E-state index in [2.05, 4.69) is 4.99 Å². The van der Waals surface area contributed by atoms with Gasteiger partial charge in [-0.05, 0) is 25.3 Å². The van der Waals surface area contributed by atoms with Crippen molar-refractivity contribution in [1.82, 2.24) is 0 Å². The van der Waals surface area contributed by atoms with E-state index in [0.717, 1.165) is 0 Å². The van der Waals surface area contributed by atoms with Crippen molar-refractivity contribution >= 4 is 23.5 Å². The lowest BCUT2D eigenvalue weighted by Crippen LogP contribution is -2.24. The lowest BCUT2D eigenvalue weighted by molar-refractivity contribution is -0.148. The zero-order valence-electron chi connectivity index (χ0n) is 15.5. The molecule has 1 unspecified atom stereocenters. The average molecular weight is 377 g/mol. The number of nitrogens with zero attached hydrogens (tertiary/aromatic N) is 1. The number of ketones is 2. The first-order valence-electron chi connectivity index (χ1n) is 8.84. The maximum Gasteiger partial charge on any atom is 0.309 e. The quantitative estimate of drug-likeness (QED) is 0.159. The van der Waals surface area contributed by atoms with Gasteiger partial charge in [-0.25, -0.2) is 0 Å². The Morgan fingerprint density at radius 3 is 2.41 bits per heavy atom. The van der Waals surface area contributed by atoms with Gasteiger partial charge in [-0.15, -0.1) is 0 Å². The van der Waals surface area contributed by atoms with Gasteiger partial charge in [0.05, 0.1) is 12.5 Å². The molecule has 0 aliphatic rings. The molecule has 1 aromatic rings. The SMILES string of the molecule is CCOC(=O)C(CCCN=C(N)N)CC(=O)c1ccc(CC(=O)CO)cc1. The van der Waals surface area contributed by atoms with Gasteiger partial charge in [-0.1, -0.05) is 24.3 Å². The van der Waals surface area contributed by atoms with Crippen molar-refractivity contribution in [2.45, 2.75) is 32.6 Å². The third-order valence-electron chi connectivity index (χ3n) is 3.91. The zero-order valence-corrected chi connectivity index (χ0v) is 15.5. The highest BCUT2D eigenvalue weighted by Crippen LogP contribution is 2.18. The maximum absolute atomic E-state index is 12.5.